The minimum absolute atomic E-state index is 0.0528. The molecule has 0 heterocycles. The van der Waals surface area contributed by atoms with Gasteiger partial charge >= 0.3 is 7.82 Å². The first-order chi connectivity index (χ1) is 39.0. The molecule has 3 unspecified atom stereocenters. The van der Waals surface area contributed by atoms with Crippen LogP contribution in [0.15, 0.2) is 72.9 Å². The van der Waals surface area contributed by atoms with Gasteiger partial charge in [-0.25, -0.2) is 4.57 Å². The molecule has 0 aliphatic rings. The molecular weight excluding hydrogens is 1010 g/mol. The summed E-state index contributed by atoms with van der Waals surface area (Å²) in [6.45, 7) is 4.81. The SMILES string of the molecule is CCCCCCC/C=C\C/C=C\C/C=C\CCCCCCCCCCCCCCCCCCCCCCC(=O)NC(COP(=O)(O)OCC[N+](C)(C)C)C(O)/C=C/CC/C=C/CC/C=C/CCCCCCCCCCCCCCC. The number of quaternary nitrogens is 1. The average molecular weight is 1140 g/mol. The monoisotopic (exact) mass is 1140 g/mol. The highest BCUT2D eigenvalue weighted by molar-refractivity contribution is 7.47. The number of hydrogen-bond acceptors (Lipinski definition) is 5. The summed E-state index contributed by atoms with van der Waals surface area (Å²) >= 11 is 0. The topological polar surface area (TPSA) is 105 Å². The van der Waals surface area contributed by atoms with Crippen molar-refractivity contribution in [2.45, 2.75) is 334 Å². The molecule has 80 heavy (non-hydrogen) atoms. The van der Waals surface area contributed by atoms with Crippen molar-refractivity contribution in [3.8, 4) is 0 Å². The molecule has 0 rings (SSSR count). The first-order valence-corrected chi connectivity index (χ1v) is 35.8. The van der Waals surface area contributed by atoms with Crippen molar-refractivity contribution in [1.29, 1.82) is 0 Å². The van der Waals surface area contributed by atoms with Crippen LogP contribution in [0.5, 0.6) is 0 Å². The van der Waals surface area contributed by atoms with Crippen molar-refractivity contribution in [3.63, 3.8) is 0 Å². The van der Waals surface area contributed by atoms with Gasteiger partial charge in [0.15, 0.2) is 0 Å². The number of carbonyl (C=O) groups is 1. The summed E-state index contributed by atoms with van der Waals surface area (Å²) in [6, 6.07) is -0.873. The maximum absolute atomic E-state index is 13.0. The number of unbranched alkanes of at least 4 members (excludes halogenated alkanes) is 40. The molecule has 0 aliphatic heterocycles. The molecule has 9 heteroatoms. The largest absolute Gasteiger partial charge is 0.472 e. The van der Waals surface area contributed by atoms with E-state index in [1.807, 2.05) is 27.2 Å². The quantitative estimate of drug-likeness (QED) is 0.0243. The van der Waals surface area contributed by atoms with Crippen LogP contribution in [0.4, 0.5) is 0 Å². The molecule has 0 saturated heterocycles. The molecular formula is C71H134N2O6P+. The standard InChI is InChI=1S/C71H133N2O6P/c1-6-8-10-12-14-16-18-20-22-24-26-28-30-31-32-33-34-35-36-37-38-39-40-41-43-45-47-49-51-53-55-57-59-61-63-65-71(75)72-69(68-79-80(76,77)78-67-66-73(3,4)5)70(74)64-62-60-58-56-54-52-50-48-46-44-42-29-27-25-23-21-19-17-15-13-11-9-7-2/h18,20,24,26,30-31,46,48,54,56,62,64,69-70,74H,6-17,19,21-23,25,27-29,32-45,47,49-53,55,57-61,63,65-68H2,1-5H3,(H-,72,75,76,77)/p+1/b20-18-,26-24-,31-30-,48-46+,56-54+,64-62+. The number of nitrogens with zero attached hydrogens (tertiary/aromatic N) is 1. The second-order valence-electron chi connectivity index (χ2n) is 24.5. The first-order valence-electron chi connectivity index (χ1n) is 34.3. The highest BCUT2D eigenvalue weighted by Gasteiger charge is 2.28. The van der Waals surface area contributed by atoms with Gasteiger partial charge in [0.2, 0.25) is 5.91 Å². The lowest BCUT2D eigenvalue weighted by molar-refractivity contribution is -0.870. The van der Waals surface area contributed by atoms with E-state index in [0.29, 0.717) is 17.4 Å². The second-order valence-corrected chi connectivity index (χ2v) is 26.0. The van der Waals surface area contributed by atoms with Gasteiger partial charge in [-0.3, -0.25) is 13.8 Å². The van der Waals surface area contributed by atoms with Crippen molar-refractivity contribution in [2.24, 2.45) is 0 Å². The van der Waals surface area contributed by atoms with E-state index in [9.17, 15) is 19.4 Å². The predicted molar refractivity (Wildman–Crippen MR) is 350 cm³/mol. The van der Waals surface area contributed by atoms with E-state index in [-0.39, 0.29) is 19.1 Å². The average Bonchev–Trinajstić information content (AvgIpc) is 3.42. The number of aliphatic hydroxyl groups is 1. The van der Waals surface area contributed by atoms with Crippen molar-refractivity contribution < 1.29 is 32.9 Å². The van der Waals surface area contributed by atoms with Crippen LogP contribution in [0.1, 0.15) is 322 Å². The summed E-state index contributed by atoms with van der Waals surface area (Å²) < 4.78 is 23.8. The Labute approximate surface area is 497 Å². The van der Waals surface area contributed by atoms with Crippen molar-refractivity contribution in [1.82, 2.24) is 5.32 Å². The number of likely N-dealkylation sites (N-methyl/N-ethyl adjacent to an activating group) is 1. The van der Waals surface area contributed by atoms with Crippen molar-refractivity contribution in [2.75, 3.05) is 40.9 Å². The smallest absolute Gasteiger partial charge is 0.387 e. The first kappa shape index (κ1) is 77.9. The van der Waals surface area contributed by atoms with Crippen molar-refractivity contribution >= 4 is 13.7 Å². The fourth-order valence-electron chi connectivity index (χ4n) is 10.0. The molecule has 0 aliphatic carbocycles. The van der Waals surface area contributed by atoms with Gasteiger partial charge in [-0.15, -0.1) is 0 Å². The number of nitrogens with one attached hydrogen (secondary N) is 1. The van der Waals surface area contributed by atoms with Gasteiger partial charge in [-0.1, -0.05) is 305 Å². The number of phosphoric acid groups is 1. The van der Waals surface area contributed by atoms with E-state index in [2.05, 4.69) is 79.9 Å². The van der Waals surface area contributed by atoms with E-state index in [1.54, 1.807) is 6.08 Å². The lowest BCUT2D eigenvalue weighted by Gasteiger charge is -2.25. The van der Waals surface area contributed by atoms with Gasteiger partial charge in [-0.2, -0.15) is 0 Å². The third kappa shape index (κ3) is 63.5. The summed E-state index contributed by atoms with van der Waals surface area (Å²) in [5, 5.41) is 14.0. The van der Waals surface area contributed by atoms with Crippen LogP contribution in [-0.4, -0.2) is 73.4 Å². The molecule has 3 atom stereocenters. The lowest BCUT2D eigenvalue weighted by atomic mass is 10.0. The molecule has 1 amide bonds. The zero-order valence-electron chi connectivity index (χ0n) is 53.6. The summed E-state index contributed by atoms with van der Waals surface area (Å²) in [5.41, 5.74) is 0. The normalized spacial score (nSPS) is 14.1. The van der Waals surface area contributed by atoms with Crippen LogP contribution in [-0.2, 0) is 18.4 Å². The fraction of sp³-hybridized carbons (Fsp3) is 0.817. The van der Waals surface area contributed by atoms with Gasteiger partial charge < -0.3 is 19.8 Å². The molecule has 0 radical (unpaired) electrons. The van der Waals surface area contributed by atoms with E-state index in [4.69, 9.17) is 9.05 Å². The van der Waals surface area contributed by atoms with Gasteiger partial charge in [-0.05, 0) is 83.5 Å². The Morgan fingerprint density at radius 1 is 0.425 bits per heavy atom. The number of amides is 1. The molecule has 0 aromatic rings. The molecule has 468 valence electrons. The lowest BCUT2D eigenvalue weighted by Crippen LogP contribution is -2.45. The van der Waals surface area contributed by atoms with E-state index in [0.717, 1.165) is 57.8 Å². The van der Waals surface area contributed by atoms with Gasteiger partial charge in [0, 0.05) is 6.42 Å². The highest BCUT2D eigenvalue weighted by Crippen LogP contribution is 2.43. The van der Waals surface area contributed by atoms with Crippen LogP contribution < -0.4 is 5.32 Å². The second kappa shape index (κ2) is 61.5. The molecule has 0 saturated carbocycles. The molecule has 0 fully saturated rings. The van der Waals surface area contributed by atoms with Crippen LogP contribution in [0.25, 0.3) is 0 Å². The van der Waals surface area contributed by atoms with Gasteiger partial charge in [0.05, 0.1) is 39.9 Å². The number of aliphatic hydroxyl groups excluding tert-OH is 1. The Hall–Kier alpha value is -2.06. The molecule has 0 aromatic heterocycles. The summed E-state index contributed by atoms with van der Waals surface area (Å²) in [4.78, 5) is 23.4. The minimum atomic E-state index is -4.37. The third-order valence-corrected chi connectivity index (χ3v) is 16.4. The minimum Gasteiger partial charge on any atom is -0.387 e. The Bertz CT molecular complexity index is 1530. The van der Waals surface area contributed by atoms with Crippen LogP contribution >= 0.6 is 7.82 Å². The summed E-state index contributed by atoms with van der Waals surface area (Å²) in [6.07, 6.45) is 86.2. The number of allylic oxidation sites excluding steroid dienone is 11. The number of hydrogen-bond donors (Lipinski definition) is 3. The summed E-state index contributed by atoms with van der Waals surface area (Å²) in [5.74, 6) is -0.187. The van der Waals surface area contributed by atoms with E-state index < -0.39 is 20.0 Å². The molecule has 8 nitrogen and oxygen atoms in total. The Balaban J connectivity index is 4.08. The summed E-state index contributed by atoms with van der Waals surface area (Å²) in [7, 11) is 1.55. The molecule has 0 spiro atoms. The van der Waals surface area contributed by atoms with Gasteiger partial charge in [0.1, 0.15) is 13.2 Å². The van der Waals surface area contributed by atoms with Gasteiger partial charge in [0.25, 0.3) is 0 Å². The Morgan fingerprint density at radius 3 is 1.09 bits per heavy atom. The molecule has 0 aromatic carbocycles. The van der Waals surface area contributed by atoms with Crippen LogP contribution in [0, 0.1) is 0 Å². The zero-order valence-corrected chi connectivity index (χ0v) is 54.5. The third-order valence-electron chi connectivity index (χ3n) is 15.4. The van der Waals surface area contributed by atoms with Crippen molar-refractivity contribution in [3.05, 3.63) is 72.9 Å². The van der Waals surface area contributed by atoms with Crippen LogP contribution in [0.3, 0.4) is 0 Å². The number of rotatable bonds is 63. The molecule has 0 bridgehead atoms. The fourth-order valence-corrected chi connectivity index (χ4v) is 10.8. The predicted octanol–water partition coefficient (Wildman–Crippen LogP) is 21.8. The number of carbonyl (C=O) groups excluding carboxylic acids is 1. The Kier molecular flexibility index (Phi) is 59.9. The zero-order chi connectivity index (χ0) is 58.4. The highest BCUT2D eigenvalue weighted by atomic mass is 31.2. The Morgan fingerprint density at radius 2 is 0.725 bits per heavy atom. The number of phosphoric ester groups is 1. The maximum atomic E-state index is 13.0. The van der Waals surface area contributed by atoms with E-state index >= 15 is 0 Å². The maximum Gasteiger partial charge on any atom is 0.472 e. The van der Waals surface area contributed by atoms with Crippen LogP contribution in [0.2, 0.25) is 0 Å². The van der Waals surface area contributed by atoms with E-state index in [1.165, 1.54) is 244 Å². The molecule has 3 N–H and O–H groups in total.